The van der Waals surface area contributed by atoms with Crippen molar-refractivity contribution >= 4 is 50.8 Å². The van der Waals surface area contributed by atoms with Gasteiger partial charge in [0.2, 0.25) is 0 Å². The van der Waals surface area contributed by atoms with Crippen LogP contribution in [-0.2, 0) is 10.5 Å². The number of imidazole rings is 1. The number of halogens is 4. The number of alkyl halides is 3. The van der Waals surface area contributed by atoms with E-state index in [4.69, 9.17) is 14.3 Å². The first-order chi connectivity index (χ1) is 15.6. The number of thioether (sulfide) groups is 1. The van der Waals surface area contributed by atoms with Crippen LogP contribution in [-0.4, -0.2) is 37.2 Å². The van der Waals surface area contributed by atoms with Gasteiger partial charge < -0.3 is 14.5 Å². The molecule has 0 atom stereocenters. The minimum absolute atomic E-state index is 0.326. The minimum atomic E-state index is -5.08. The molecule has 0 aliphatic rings. The van der Waals surface area contributed by atoms with Crippen molar-refractivity contribution < 1.29 is 31.9 Å². The molecule has 0 aliphatic carbocycles. The van der Waals surface area contributed by atoms with Crippen LogP contribution in [0.2, 0.25) is 0 Å². The summed E-state index contributed by atoms with van der Waals surface area (Å²) in [7, 11) is 0. The molecule has 0 amide bonds. The lowest BCUT2D eigenvalue weighted by Gasteiger charge is -2.01. The molecule has 0 radical (unpaired) electrons. The number of furan rings is 1. The number of rotatable bonds is 3. The first-order valence-electron chi connectivity index (χ1n) is 9.35. The minimum Gasteiger partial charge on any atom is -0.475 e. The standard InChI is InChI=1S/C19H13FN4OS.C2HF3O2/c1-10-21-16-11-5-2-3-8-14(11)25-18(16)19(22-10)26-9-15-23-13-7-4-6-12(20)17(13)24-15;3-2(4,5)1(6)7/h2-8H,9H2,1H3,(H,23,24);(H,6,7). The van der Waals surface area contributed by atoms with E-state index in [9.17, 15) is 17.6 Å². The second-order valence-electron chi connectivity index (χ2n) is 6.76. The van der Waals surface area contributed by atoms with Crippen LogP contribution in [0, 0.1) is 12.7 Å². The van der Waals surface area contributed by atoms with Gasteiger partial charge in [-0.05, 0) is 31.2 Å². The van der Waals surface area contributed by atoms with Gasteiger partial charge in [-0.3, -0.25) is 0 Å². The van der Waals surface area contributed by atoms with E-state index in [0.717, 1.165) is 21.5 Å². The Morgan fingerprint density at radius 3 is 2.52 bits per heavy atom. The number of carbonyl (C=O) groups is 1. The summed E-state index contributed by atoms with van der Waals surface area (Å²) in [6.07, 6.45) is -5.08. The molecule has 0 bridgehead atoms. The highest BCUT2D eigenvalue weighted by Gasteiger charge is 2.38. The molecule has 3 heterocycles. The van der Waals surface area contributed by atoms with Crippen molar-refractivity contribution in [2.75, 3.05) is 0 Å². The van der Waals surface area contributed by atoms with E-state index in [-0.39, 0.29) is 5.82 Å². The van der Waals surface area contributed by atoms with Gasteiger partial charge in [-0.15, -0.1) is 0 Å². The lowest BCUT2D eigenvalue weighted by Crippen LogP contribution is -2.21. The van der Waals surface area contributed by atoms with E-state index >= 15 is 0 Å². The number of carboxylic acids is 1. The van der Waals surface area contributed by atoms with Gasteiger partial charge in [0.15, 0.2) is 11.4 Å². The van der Waals surface area contributed by atoms with Crippen LogP contribution in [0.1, 0.15) is 11.6 Å². The molecule has 12 heteroatoms. The van der Waals surface area contributed by atoms with Gasteiger partial charge in [-0.25, -0.2) is 24.1 Å². The third-order valence-corrected chi connectivity index (χ3v) is 5.37. The molecule has 2 N–H and O–H groups in total. The van der Waals surface area contributed by atoms with Crippen molar-refractivity contribution in [2.45, 2.75) is 23.9 Å². The van der Waals surface area contributed by atoms with Crippen LogP contribution < -0.4 is 0 Å². The molecule has 170 valence electrons. The Morgan fingerprint density at radius 1 is 1.09 bits per heavy atom. The number of nitrogens with zero attached hydrogens (tertiary/aromatic N) is 3. The van der Waals surface area contributed by atoms with Crippen LogP contribution in [0.15, 0.2) is 51.9 Å². The summed E-state index contributed by atoms with van der Waals surface area (Å²) in [4.78, 5) is 25.5. The molecule has 7 nitrogen and oxygen atoms in total. The largest absolute Gasteiger partial charge is 0.490 e. The number of aromatic nitrogens is 4. The fraction of sp³-hybridized carbons (Fsp3) is 0.143. The van der Waals surface area contributed by atoms with E-state index in [1.54, 1.807) is 6.07 Å². The zero-order valence-corrected chi connectivity index (χ0v) is 17.6. The van der Waals surface area contributed by atoms with E-state index in [1.165, 1.54) is 17.8 Å². The first-order valence-corrected chi connectivity index (χ1v) is 10.3. The number of aryl methyl sites for hydroxylation is 1. The molecule has 0 unspecified atom stereocenters. The van der Waals surface area contributed by atoms with Crippen molar-refractivity contribution in [3.05, 3.63) is 59.9 Å². The number of hydrogen-bond acceptors (Lipinski definition) is 6. The van der Waals surface area contributed by atoms with Crippen molar-refractivity contribution in [2.24, 2.45) is 0 Å². The first kappa shape index (κ1) is 22.5. The van der Waals surface area contributed by atoms with Crippen molar-refractivity contribution in [1.82, 2.24) is 19.9 Å². The maximum Gasteiger partial charge on any atom is 0.490 e. The molecule has 0 fully saturated rings. The smallest absolute Gasteiger partial charge is 0.475 e. The number of fused-ring (bicyclic) bond motifs is 4. The number of nitrogens with one attached hydrogen (secondary N) is 1. The van der Waals surface area contributed by atoms with Gasteiger partial charge in [0.1, 0.15) is 33.3 Å². The molecule has 0 saturated carbocycles. The predicted molar refractivity (Wildman–Crippen MR) is 113 cm³/mol. The molecule has 0 saturated heterocycles. The summed E-state index contributed by atoms with van der Waals surface area (Å²) >= 11 is 1.49. The Morgan fingerprint density at radius 2 is 1.82 bits per heavy atom. The molecule has 5 rings (SSSR count). The summed E-state index contributed by atoms with van der Waals surface area (Å²) < 4.78 is 51.5. The molecule has 5 aromatic rings. The van der Waals surface area contributed by atoms with Crippen molar-refractivity contribution in [1.29, 1.82) is 0 Å². The quantitative estimate of drug-likeness (QED) is 0.197. The van der Waals surface area contributed by atoms with Gasteiger partial charge in [0, 0.05) is 5.39 Å². The number of benzene rings is 2. The number of para-hydroxylation sites is 2. The SMILES string of the molecule is Cc1nc(SCc2nc3c(F)cccc3[nH]2)c2oc3ccccc3c2n1.O=C(O)C(F)(F)F. The van der Waals surface area contributed by atoms with Crippen molar-refractivity contribution in [3.63, 3.8) is 0 Å². The fourth-order valence-corrected chi connectivity index (χ4v) is 3.90. The molecule has 0 spiro atoms. The van der Waals surface area contributed by atoms with Gasteiger partial charge >= 0.3 is 12.1 Å². The second kappa shape index (κ2) is 8.70. The van der Waals surface area contributed by atoms with Crippen molar-refractivity contribution in [3.8, 4) is 0 Å². The van der Waals surface area contributed by atoms with E-state index < -0.39 is 12.1 Å². The lowest BCUT2D eigenvalue weighted by atomic mass is 10.2. The van der Waals surface area contributed by atoms with Crippen LogP contribution >= 0.6 is 11.8 Å². The average Bonchev–Trinajstić information content (AvgIpc) is 3.34. The normalized spacial score (nSPS) is 11.7. The lowest BCUT2D eigenvalue weighted by molar-refractivity contribution is -0.192. The molecular formula is C21H14F4N4O3S. The molecular weight excluding hydrogens is 464 g/mol. The third kappa shape index (κ3) is 4.75. The number of aliphatic carboxylic acids is 1. The Kier molecular flexibility index (Phi) is 5.93. The molecule has 33 heavy (non-hydrogen) atoms. The van der Waals surface area contributed by atoms with Crippen LogP contribution in [0.25, 0.3) is 33.1 Å². The van der Waals surface area contributed by atoms with Gasteiger partial charge in [-0.2, -0.15) is 13.2 Å². The average molecular weight is 478 g/mol. The molecule has 2 aromatic carbocycles. The van der Waals surface area contributed by atoms with E-state index in [1.807, 2.05) is 37.3 Å². The molecule has 0 aliphatic heterocycles. The highest BCUT2D eigenvalue weighted by molar-refractivity contribution is 7.98. The third-order valence-electron chi connectivity index (χ3n) is 4.40. The number of carboxylic acid groups (broad SMARTS) is 1. The van der Waals surface area contributed by atoms with E-state index in [2.05, 4.69) is 19.9 Å². The van der Waals surface area contributed by atoms with Crippen LogP contribution in [0.5, 0.6) is 0 Å². The van der Waals surface area contributed by atoms with E-state index in [0.29, 0.717) is 34.0 Å². The Bertz CT molecular complexity index is 1480. The summed E-state index contributed by atoms with van der Waals surface area (Å²) in [6.45, 7) is 1.86. The van der Waals surface area contributed by atoms with Crippen LogP contribution in [0.3, 0.4) is 0 Å². The van der Waals surface area contributed by atoms with Gasteiger partial charge in [-0.1, -0.05) is 30.0 Å². The predicted octanol–water partition coefficient (Wildman–Crippen LogP) is 5.63. The summed E-state index contributed by atoms with van der Waals surface area (Å²) in [5.74, 6) is -1.19. The monoisotopic (exact) mass is 478 g/mol. The Labute approximate surface area is 186 Å². The summed E-state index contributed by atoms with van der Waals surface area (Å²) in [5, 5.41) is 8.85. The van der Waals surface area contributed by atoms with Gasteiger partial charge in [0.25, 0.3) is 0 Å². The van der Waals surface area contributed by atoms with Gasteiger partial charge in [0.05, 0.1) is 11.3 Å². The number of H-pyrrole nitrogens is 1. The summed E-state index contributed by atoms with van der Waals surface area (Å²) in [6, 6.07) is 12.7. The molecule has 3 aromatic heterocycles. The topological polar surface area (TPSA) is 105 Å². The fourth-order valence-electron chi connectivity index (χ4n) is 3.02. The Hall–Kier alpha value is -3.67. The Balaban J connectivity index is 0.000000325. The maximum atomic E-state index is 13.8. The highest BCUT2D eigenvalue weighted by atomic mass is 32.2. The number of hydrogen-bond donors (Lipinski definition) is 2. The zero-order chi connectivity index (χ0) is 23.8. The second-order valence-corrected chi connectivity index (χ2v) is 7.73. The van der Waals surface area contributed by atoms with Crippen LogP contribution in [0.4, 0.5) is 17.6 Å². The summed E-state index contributed by atoms with van der Waals surface area (Å²) in [5.41, 5.74) is 3.31. The number of aromatic amines is 1. The maximum absolute atomic E-state index is 13.8. The highest BCUT2D eigenvalue weighted by Crippen LogP contribution is 2.34. The zero-order valence-electron chi connectivity index (χ0n) is 16.8.